The fourth-order valence-corrected chi connectivity index (χ4v) is 3.76. The zero-order valence-corrected chi connectivity index (χ0v) is 15.9. The molecular weight excluding hydrogens is 352 g/mol. The van der Waals surface area contributed by atoms with Crippen LogP contribution in [0, 0.1) is 11.3 Å². The minimum atomic E-state index is -0.0798. The van der Waals surface area contributed by atoms with E-state index >= 15 is 0 Å². The van der Waals surface area contributed by atoms with Gasteiger partial charge in [-0.15, -0.1) is 11.8 Å². The minimum absolute atomic E-state index is 0.0302. The Labute approximate surface area is 158 Å². The molecule has 0 N–H and O–H groups in total. The number of carbonyl (C=O) groups excluding carboxylic acids is 1. The lowest BCUT2D eigenvalue weighted by Crippen LogP contribution is -2.36. The van der Waals surface area contributed by atoms with Gasteiger partial charge in [-0.05, 0) is 30.2 Å². The smallest absolute Gasteiger partial charge is 0.232 e. The molecule has 1 amide bonds. The number of halogens is 1. The summed E-state index contributed by atoms with van der Waals surface area (Å²) in [6.07, 6.45) is 0.339. The maximum atomic E-state index is 12.5. The summed E-state index contributed by atoms with van der Waals surface area (Å²) in [5, 5.41) is 9.55. The van der Waals surface area contributed by atoms with Gasteiger partial charge in [-0.2, -0.15) is 5.26 Å². The molecule has 5 heteroatoms. The van der Waals surface area contributed by atoms with Crippen molar-refractivity contribution in [1.29, 1.82) is 5.26 Å². The minimum Gasteiger partial charge on any atom is -0.341 e. The van der Waals surface area contributed by atoms with Crippen molar-refractivity contribution in [3.05, 3.63) is 70.7 Å². The Balaban J connectivity index is 2.13. The molecule has 0 fully saturated rings. The second kappa shape index (κ2) is 9.50. The highest BCUT2D eigenvalue weighted by Gasteiger charge is 2.20. The molecule has 2 rings (SSSR count). The summed E-state index contributed by atoms with van der Waals surface area (Å²) >= 11 is 7.59. The summed E-state index contributed by atoms with van der Waals surface area (Å²) < 4.78 is 0. The molecule has 0 aliphatic carbocycles. The number of nitrogens with zero attached hydrogens (tertiary/aromatic N) is 2. The number of carbonyl (C=O) groups is 1. The van der Waals surface area contributed by atoms with Gasteiger partial charge >= 0.3 is 0 Å². The van der Waals surface area contributed by atoms with Gasteiger partial charge < -0.3 is 4.90 Å². The average Bonchev–Trinajstić information content (AvgIpc) is 2.63. The van der Waals surface area contributed by atoms with Crippen LogP contribution in [0.1, 0.15) is 29.7 Å². The van der Waals surface area contributed by atoms with Crippen LogP contribution in [0.5, 0.6) is 0 Å². The fourth-order valence-electron chi connectivity index (χ4n) is 2.42. The predicted molar refractivity (Wildman–Crippen MR) is 105 cm³/mol. The highest BCUT2D eigenvalue weighted by molar-refractivity contribution is 8.00. The monoisotopic (exact) mass is 372 g/mol. The zero-order valence-electron chi connectivity index (χ0n) is 14.4. The van der Waals surface area contributed by atoms with Crippen molar-refractivity contribution in [3.8, 4) is 6.07 Å². The Hall–Kier alpha value is -1.96. The molecule has 25 heavy (non-hydrogen) atoms. The number of nitriles is 1. The summed E-state index contributed by atoms with van der Waals surface area (Å²) in [5.41, 5.74) is 2.26. The van der Waals surface area contributed by atoms with Crippen LogP contribution in [-0.2, 0) is 4.79 Å². The van der Waals surface area contributed by atoms with Crippen LogP contribution in [0.4, 0.5) is 0 Å². The Kier molecular flexibility index (Phi) is 7.36. The maximum absolute atomic E-state index is 12.5. The third kappa shape index (κ3) is 5.52. The fraction of sp³-hybridized carbons (Fsp3) is 0.300. The van der Waals surface area contributed by atoms with Gasteiger partial charge in [-0.1, -0.05) is 54.1 Å². The number of amides is 1. The van der Waals surface area contributed by atoms with E-state index in [0.717, 1.165) is 11.1 Å². The van der Waals surface area contributed by atoms with E-state index in [-0.39, 0.29) is 17.2 Å². The summed E-state index contributed by atoms with van der Waals surface area (Å²) in [7, 11) is 1.75. The van der Waals surface area contributed by atoms with E-state index in [2.05, 4.69) is 18.2 Å². The predicted octanol–water partition coefficient (Wildman–Crippen LogP) is 4.92. The second-order valence-electron chi connectivity index (χ2n) is 5.87. The van der Waals surface area contributed by atoms with Crippen LogP contribution in [0.15, 0.2) is 54.6 Å². The van der Waals surface area contributed by atoms with Gasteiger partial charge in [0, 0.05) is 18.1 Å². The standard InChI is InChI=1S/C20H21ClN2OS/c1-15(12-13-22)23(2)19(24)14-25-20(16-6-4-3-5-7-16)17-8-10-18(21)11-9-17/h3-11,15,20H,12,14H2,1-2H3. The molecule has 0 aliphatic heterocycles. The first-order chi connectivity index (χ1) is 12.0. The topological polar surface area (TPSA) is 44.1 Å². The molecule has 0 bridgehead atoms. The lowest BCUT2D eigenvalue weighted by molar-refractivity contribution is -0.128. The van der Waals surface area contributed by atoms with E-state index in [9.17, 15) is 4.79 Å². The van der Waals surface area contributed by atoms with Crippen molar-refractivity contribution in [1.82, 2.24) is 4.90 Å². The first-order valence-corrected chi connectivity index (χ1v) is 9.50. The van der Waals surface area contributed by atoms with Gasteiger partial charge in [0.15, 0.2) is 0 Å². The molecule has 0 saturated heterocycles. The largest absolute Gasteiger partial charge is 0.341 e. The molecule has 2 aromatic carbocycles. The van der Waals surface area contributed by atoms with Gasteiger partial charge in [0.1, 0.15) is 0 Å². The molecule has 2 atom stereocenters. The van der Waals surface area contributed by atoms with Crippen LogP contribution in [0.25, 0.3) is 0 Å². The molecular formula is C20H21ClN2OS. The van der Waals surface area contributed by atoms with Crippen molar-refractivity contribution in [3.63, 3.8) is 0 Å². The highest BCUT2D eigenvalue weighted by Crippen LogP contribution is 2.36. The first-order valence-electron chi connectivity index (χ1n) is 8.07. The molecule has 0 heterocycles. The van der Waals surface area contributed by atoms with Crippen LogP contribution >= 0.6 is 23.4 Å². The van der Waals surface area contributed by atoms with Crippen LogP contribution in [-0.4, -0.2) is 29.6 Å². The summed E-state index contributed by atoms with van der Waals surface area (Å²) in [6, 6.07) is 19.9. The zero-order chi connectivity index (χ0) is 18.2. The Morgan fingerprint density at radius 2 is 1.76 bits per heavy atom. The molecule has 2 aromatic rings. The number of thioether (sulfide) groups is 1. The normalized spacial score (nSPS) is 12.9. The highest BCUT2D eigenvalue weighted by atomic mass is 35.5. The molecule has 0 aliphatic rings. The van der Waals surface area contributed by atoms with Gasteiger partial charge in [-0.25, -0.2) is 0 Å². The Morgan fingerprint density at radius 3 is 2.36 bits per heavy atom. The molecule has 0 aromatic heterocycles. The van der Waals surface area contributed by atoms with E-state index in [1.165, 1.54) is 0 Å². The van der Waals surface area contributed by atoms with Gasteiger partial charge in [-0.3, -0.25) is 4.79 Å². The number of hydrogen-bond acceptors (Lipinski definition) is 3. The molecule has 2 unspecified atom stereocenters. The van der Waals surface area contributed by atoms with Crippen LogP contribution in [0.2, 0.25) is 5.02 Å². The molecule has 0 radical (unpaired) electrons. The van der Waals surface area contributed by atoms with E-state index in [1.54, 1.807) is 23.7 Å². The van der Waals surface area contributed by atoms with E-state index in [0.29, 0.717) is 17.2 Å². The SMILES string of the molecule is CC(CC#N)N(C)C(=O)CSC(c1ccccc1)c1ccc(Cl)cc1. The number of benzene rings is 2. The van der Waals surface area contributed by atoms with Crippen molar-refractivity contribution in [2.45, 2.75) is 24.6 Å². The molecule has 3 nitrogen and oxygen atoms in total. The average molecular weight is 373 g/mol. The molecule has 0 spiro atoms. The van der Waals surface area contributed by atoms with Crippen LogP contribution < -0.4 is 0 Å². The van der Waals surface area contributed by atoms with E-state index in [4.69, 9.17) is 16.9 Å². The third-order valence-electron chi connectivity index (χ3n) is 4.09. The summed E-state index contributed by atoms with van der Waals surface area (Å²) in [4.78, 5) is 14.1. The number of rotatable bonds is 7. The lowest BCUT2D eigenvalue weighted by Gasteiger charge is -2.24. The lowest BCUT2D eigenvalue weighted by atomic mass is 10.0. The van der Waals surface area contributed by atoms with Crippen molar-refractivity contribution in [2.24, 2.45) is 0 Å². The van der Waals surface area contributed by atoms with Crippen molar-refractivity contribution in [2.75, 3.05) is 12.8 Å². The van der Waals surface area contributed by atoms with Crippen molar-refractivity contribution >= 4 is 29.3 Å². The molecule has 130 valence electrons. The maximum Gasteiger partial charge on any atom is 0.232 e. The number of hydrogen-bond donors (Lipinski definition) is 0. The van der Waals surface area contributed by atoms with Gasteiger partial charge in [0.05, 0.1) is 23.5 Å². The third-order valence-corrected chi connectivity index (χ3v) is 5.63. The Bertz CT molecular complexity index is 728. The van der Waals surface area contributed by atoms with Crippen LogP contribution in [0.3, 0.4) is 0 Å². The summed E-state index contributed by atoms with van der Waals surface area (Å²) in [5.74, 6) is 0.386. The second-order valence-corrected chi connectivity index (χ2v) is 7.40. The molecule has 0 saturated carbocycles. The van der Waals surface area contributed by atoms with E-state index in [1.807, 2.05) is 49.4 Å². The van der Waals surface area contributed by atoms with Gasteiger partial charge in [0.25, 0.3) is 0 Å². The van der Waals surface area contributed by atoms with Gasteiger partial charge in [0.2, 0.25) is 5.91 Å². The van der Waals surface area contributed by atoms with Crippen molar-refractivity contribution < 1.29 is 4.79 Å². The quantitative estimate of drug-likeness (QED) is 0.692. The Morgan fingerprint density at radius 1 is 1.16 bits per heavy atom. The first kappa shape index (κ1) is 19.4. The summed E-state index contributed by atoms with van der Waals surface area (Å²) in [6.45, 7) is 1.89. The van der Waals surface area contributed by atoms with E-state index < -0.39 is 0 Å².